The second kappa shape index (κ2) is 38.6. The number of fused-ring (bicyclic) bond motifs is 1. The molecule has 0 saturated carbocycles. The van der Waals surface area contributed by atoms with Crippen molar-refractivity contribution in [2.45, 2.75) is 212 Å². The highest BCUT2D eigenvalue weighted by Gasteiger charge is 2.22. The van der Waals surface area contributed by atoms with Crippen LogP contribution in [0, 0.1) is 10.1 Å². The van der Waals surface area contributed by atoms with Gasteiger partial charge in [0.1, 0.15) is 0 Å². The van der Waals surface area contributed by atoms with Crippen LogP contribution in [0.1, 0.15) is 212 Å². The molecule has 11 nitrogen and oxygen atoms in total. The van der Waals surface area contributed by atoms with Gasteiger partial charge in [0, 0.05) is 12.6 Å². The van der Waals surface area contributed by atoms with Crippen molar-refractivity contribution < 1.29 is 28.1 Å². The van der Waals surface area contributed by atoms with Crippen LogP contribution in [0.4, 0.5) is 11.4 Å². The molecule has 1 atom stereocenters. The number of phosphoric ester groups is 1. The van der Waals surface area contributed by atoms with E-state index in [9.17, 15) is 19.6 Å². The van der Waals surface area contributed by atoms with Crippen molar-refractivity contribution in [2.75, 3.05) is 25.1 Å². The Kier molecular flexibility index (Phi) is 34.1. The molecular formula is C63H97N4O7P. The van der Waals surface area contributed by atoms with Gasteiger partial charge in [0.05, 0.1) is 23.8 Å². The highest BCUT2D eigenvalue weighted by Crippen LogP contribution is 2.43. The molecule has 12 heteroatoms. The number of hydrogen-bond donors (Lipinski definition) is 2. The Labute approximate surface area is 453 Å². The zero-order chi connectivity index (χ0) is 55.4. The molecule has 0 saturated heterocycles. The molecule has 0 amide bonds. The standard InChI is InChI=1S/C63H97N4O7P/c1-49(2)23-13-24-50(3)25-14-26-51(4)27-15-28-52(5)29-16-30-53(6)31-17-32-54(7)33-18-34-55(8)35-19-36-56(9)37-20-38-57(10)39-21-40-58(11)41-22-42-59(12)45-47-72-75(70,71)73-48-46-64-60-43-44-61(67(68)69)63-62(60)65-74-66-63/h23,25,27,29,31,33,35,37,39,41,43-45,64H,13-22,24,26,28,30,32,34,36,38,40,42,46-48H2,1-12H3,(H,70,71)/b50-25+,51-27+,52-29+,53-31-,54-33-,55-35-,56-37-,57-39-,58-41-,59-45-. The second-order valence-electron chi connectivity index (χ2n) is 21.0. The molecule has 1 unspecified atom stereocenters. The number of non-ortho nitro benzene ring substituents is 1. The van der Waals surface area contributed by atoms with Crippen LogP contribution in [-0.4, -0.2) is 39.9 Å². The van der Waals surface area contributed by atoms with Crippen LogP contribution >= 0.6 is 7.82 Å². The fraction of sp³-hybridized carbons (Fsp3) is 0.556. The first-order valence-electron chi connectivity index (χ1n) is 27.7. The van der Waals surface area contributed by atoms with Crippen LogP contribution in [0.2, 0.25) is 0 Å². The zero-order valence-corrected chi connectivity index (χ0v) is 49.3. The number of aromatic nitrogens is 2. The van der Waals surface area contributed by atoms with Gasteiger partial charge in [-0.25, -0.2) is 9.19 Å². The predicted octanol–water partition coefficient (Wildman–Crippen LogP) is 19.9. The highest BCUT2D eigenvalue weighted by atomic mass is 31.2. The summed E-state index contributed by atoms with van der Waals surface area (Å²) in [5.41, 5.74) is 16.2. The Bertz CT molecular complexity index is 2450. The van der Waals surface area contributed by atoms with Gasteiger partial charge >= 0.3 is 13.5 Å². The lowest BCUT2D eigenvalue weighted by molar-refractivity contribution is -0.383. The van der Waals surface area contributed by atoms with Gasteiger partial charge in [-0.1, -0.05) is 128 Å². The maximum atomic E-state index is 12.4. The number of hydrogen-bond acceptors (Lipinski definition) is 9. The van der Waals surface area contributed by atoms with Gasteiger partial charge in [-0.3, -0.25) is 19.2 Å². The molecule has 2 aromatic rings. The average Bonchev–Trinajstić information content (AvgIpc) is 3.83. The van der Waals surface area contributed by atoms with E-state index in [0.29, 0.717) is 5.69 Å². The summed E-state index contributed by atoms with van der Waals surface area (Å²) in [6, 6.07) is 2.74. The van der Waals surface area contributed by atoms with Crippen LogP contribution in [0.15, 0.2) is 145 Å². The maximum Gasteiger partial charge on any atom is 0.472 e. The van der Waals surface area contributed by atoms with Crippen molar-refractivity contribution in [1.29, 1.82) is 0 Å². The first kappa shape index (κ1) is 66.2. The van der Waals surface area contributed by atoms with Crippen LogP contribution < -0.4 is 5.32 Å². The van der Waals surface area contributed by atoms with Gasteiger partial charge in [-0.05, 0) is 228 Å². The summed E-state index contributed by atoms with van der Waals surface area (Å²) in [5, 5.41) is 21.4. The Morgan fingerprint density at radius 1 is 0.507 bits per heavy atom. The average molecular weight is 1050 g/mol. The van der Waals surface area contributed by atoms with Crippen LogP contribution in [-0.2, 0) is 13.6 Å². The largest absolute Gasteiger partial charge is 0.472 e. The van der Waals surface area contributed by atoms with E-state index >= 15 is 0 Å². The summed E-state index contributed by atoms with van der Waals surface area (Å²) >= 11 is 0. The predicted molar refractivity (Wildman–Crippen MR) is 318 cm³/mol. The minimum absolute atomic E-state index is 0.00678. The van der Waals surface area contributed by atoms with Crippen molar-refractivity contribution >= 4 is 30.2 Å². The van der Waals surface area contributed by atoms with E-state index in [-0.39, 0.29) is 36.5 Å². The van der Waals surface area contributed by atoms with Crippen molar-refractivity contribution in [3.63, 3.8) is 0 Å². The molecule has 1 aromatic carbocycles. The number of allylic oxidation sites excluding steroid dienone is 21. The number of nitrogens with one attached hydrogen (secondary N) is 1. The fourth-order valence-electron chi connectivity index (χ4n) is 8.33. The summed E-state index contributed by atoms with van der Waals surface area (Å²) < 4.78 is 27.2. The Hall–Kier alpha value is -4.93. The summed E-state index contributed by atoms with van der Waals surface area (Å²) in [4.78, 5) is 20.7. The fourth-order valence-corrected chi connectivity index (χ4v) is 8.99. The molecule has 0 aliphatic heterocycles. The van der Waals surface area contributed by atoms with Gasteiger partial charge < -0.3 is 10.2 Å². The molecule has 2 N–H and O–H groups in total. The molecule has 0 aliphatic carbocycles. The first-order chi connectivity index (χ1) is 35.7. The summed E-state index contributed by atoms with van der Waals surface area (Å²) in [5.74, 6) is 0. The molecule has 0 bridgehead atoms. The van der Waals surface area contributed by atoms with Gasteiger partial charge in [-0.2, -0.15) is 0 Å². The molecule has 416 valence electrons. The number of nitrogens with zero attached hydrogens (tertiary/aromatic N) is 3. The van der Waals surface area contributed by atoms with Crippen molar-refractivity contribution in [3.8, 4) is 0 Å². The van der Waals surface area contributed by atoms with E-state index in [1.165, 1.54) is 80.7 Å². The molecule has 0 spiro atoms. The van der Waals surface area contributed by atoms with E-state index in [1.807, 2.05) is 6.92 Å². The van der Waals surface area contributed by atoms with E-state index in [2.05, 4.69) is 157 Å². The summed E-state index contributed by atoms with van der Waals surface area (Å²) in [7, 11) is -4.28. The van der Waals surface area contributed by atoms with Gasteiger partial charge in [0.25, 0.3) is 0 Å². The van der Waals surface area contributed by atoms with Crippen LogP contribution in [0.5, 0.6) is 0 Å². The van der Waals surface area contributed by atoms with Crippen molar-refractivity contribution in [3.05, 3.63) is 150 Å². The summed E-state index contributed by atoms with van der Waals surface area (Å²) in [6.07, 6.45) is 47.7. The molecule has 75 heavy (non-hydrogen) atoms. The molecule has 0 radical (unpaired) electrons. The lowest BCUT2D eigenvalue weighted by Gasteiger charge is -2.12. The van der Waals surface area contributed by atoms with Crippen molar-refractivity contribution in [1.82, 2.24) is 10.3 Å². The monoisotopic (exact) mass is 1050 g/mol. The summed E-state index contributed by atoms with van der Waals surface area (Å²) in [6.45, 7) is 26.6. The van der Waals surface area contributed by atoms with Crippen molar-refractivity contribution in [2.24, 2.45) is 0 Å². The number of benzene rings is 1. The second-order valence-corrected chi connectivity index (χ2v) is 22.5. The molecule has 2 rings (SSSR count). The van der Waals surface area contributed by atoms with E-state index in [1.54, 1.807) is 6.08 Å². The maximum absolute atomic E-state index is 12.4. The number of nitro groups is 1. The topological polar surface area (TPSA) is 150 Å². The third-order valence-electron chi connectivity index (χ3n) is 13.3. The van der Waals surface area contributed by atoms with Gasteiger partial charge in [0.2, 0.25) is 5.52 Å². The van der Waals surface area contributed by atoms with Crippen LogP contribution in [0.3, 0.4) is 0 Å². The van der Waals surface area contributed by atoms with E-state index in [4.69, 9.17) is 9.05 Å². The zero-order valence-electron chi connectivity index (χ0n) is 48.5. The quantitative estimate of drug-likeness (QED) is 0.0218. The Morgan fingerprint density at radius 3 is 1.13 bits per heavy atom. The highest BCUT2D eigenvalue weighted by molar-refractivity contribution is 7.47. The number of anilines is 1. The number of rotatable bonds is 39. The van der Waals surface area contributed by atoms with Gasteiger partial charge in [-0.15, -0.1) is 0 Å². The third kappa shape index (κ3) is 33.0. The van der Waals surface area contributed by atoms with E-state index in [0.717, 1.165) is 121 Å². The third-order valence-corrected chi connectivity index (χ3v) is 14.3. The first-order valence-corrected chi connectivity index (χ1v) is 29.2. The normalized spacial score (nSPS) is 15.0. The Balaban J connectivity index is 1.54. The molecule has 0 fully saturated rings. The number of phosphoric acid groups is 1. The van der Waals surface area contributed by atoms with Gasteiger partial charge in [0.15, 0.2) is 5.52 Å². The molecular weight excluding hydrogens is 956 g/mol. The van der Waals surface area contributed by atoms with E-state index < -0.39 is 12.7 Å². The molecule has 0 aliphatic rings. The number of nitro benzene ring substituents is 1. The molecule has 1 heterocycles. The van der Waals surface area contributed by atoms with Crippen LogP contribution in [0.25, 0.3) is 11.0 Å². The SMILES string of the molecule is CC(C)=CCC/C(C)=C/CC/C(C)=C/CC/C(C)=C/CC/C(C)=C\CC/C(C)=C\CC/C(C)=C\CC/C(C)=C\CC/C(C)=C\CC/C(C)=C\CC/C(C)=C\COP(=O)(O)OCCNc1ccc([N+](=O)[O-])c2nonc12. The Morgan fingerprint density at radius 2 is 0.813 bits per heavy atom. The molecule has 1 aromatic heterocycles. The lowest BCUT2D eigenvalue weighted by Crippen LogP contribution is -2.10. The smallest absolute Gasteiger partial charge is 0.381 e. The lowest BCUT2D eigenvalue weighted by atomic mass is 10.0. The minimum atomic E-state index is -4.28. The minimum Gasteiger partial charge on any atom is -0.381 e.